The van der Waals surface area contributed by atoms with Gasteiger partial charge < -0.3 is 14.0 Å². The number of aliphatic hydroxyl groups is 1. The fourth-order valence-electron chi connectivity index (χ4n) is 1.08. The van der Waals surface area contributed by atoms with Crippen molar-refractivity contribution in [3.05, 3.63) is 24.2 Å². The van der Waals surface area contributed by atoms with Gasteiger partial charge in [0.1, 0.15) is 0 Å². The standard InChI is InChI=1S/C10H12N2O3S/c1-7(5-13)16-6-9-11-10(15-12-9)8-3-2-4-14-8/h2-4,7,13H,5-6H2,1H3. The summed E-state index contributed by atoms with van der Waals surface area (Å²) >= 11 is 1.57. The van der Waals surface area contributed by atoms with Gasteiger partial charge in [-0.1, -0.05) is 12.1 Å². The molecule has 0 fully saturated rings. The molecule has 1 atom stereocenters. The van der Waals surface area contributed by atoms with Crippen molar-refractivity contribution in [3.63, 3.8) is 0 Å². The van der Waals surface area contributed by atoms with E-state index in [9.17, 15) is 0 Å². The molecule has 2 aromatic heterocycles. The highest BCUT2D eigenvalue weighted by Gasteiger charge is 2.11. The van der Waals surface area contributed by atoms with Crippen LogP contribution >= 0.6 is 11.8 Å². The first-order chi connectivity index (χ1) is 7.79. The molecule has 0 aromatic carbocycles. The molecule has 6 heteroatoms. The second-order valence-electron chi connectivity index (χ2n) is 3.30. The highest BCUT2D eigenvalue weighted by atomic mass is 32.2. The van der Waals surface area contributed by atoms with Crippen LogP contribution in [0.5, 0.6) is 0 Å². The van der Waals surface area contributed by atoms with Crippen LogP contribution in [-0.4, -0.2) is 27.1 Å². The Labute approximate surface area is 96.8 Å². The van der Waals surface area contributed by atoms with Crippen LogP contribution in [0.4, 0.5) is 0 Å². The van der Waals surface area contributed by atoms with Crippen molar-refractivity contribution in [2.45, 2.75) is 17.9 Å². The van der Waals surface area contributed by atoms with Gasteiger partial charge in [0, 0.05) is 5.25 Å². The summed E-state index contributed by atoms with van der Waals surface area (Å²) in [4.78, 5) is 4.18. The first kappa shape index (κ1) is 11.2. The molecule has 0 aliphatic carbocycles. The molecule has 0 spiro atoms. The van der Waals surface area contributed by atoms with Crippen LogP contribution < -0.4 is 0 Å². The summed E-state index contributed by atoms with van der Waals surface area (Å²) in [5, 5.41) is 12.9. The molecule has 0 aliphatic heterocycles. The first-order valence-corrected chi connectivity index (χ1v) is 5.93. The van der Waals surface area contributed by atoms with Gasteiger partial charge in [-0.2, -0.15) is 4.98 Å². The molecule has 2 rings (SSSR count). The molecule has 5 nitrogen and oxygen atoms in total. The van der Waals surface area contributed by atoms with Crippen molar-refractivity contribution in [2.24, 2.45) is 0 Å². The van der Waals surface area contributed by atoms with Gasteiger partial charge in [-0.05, 0) is 12.1 Å². The third-order valence-electron chi connectivity index (χ3n) is 1.95. The van der Waals surface area contributed by atoms with E-state index >= 15 is 0 Å². The summed E-state index contributed by atoms with van der Waals surface area (Å²) in [6.45, 7) is 2.09. The molecular formula is C10H12N2O3S. The van der Waals surface area contributed by atoms with Gasteiger partial charge >= 0.3 is 0 Å². The van der Waals surface area contributed by atoms with Crippen molar-refractivity contribution in [1.82, 2.24) is 10.1 Å². The van der Waals surface area contributed by atoms with Crippen LogP contribution in [0.1, 0.15) is 12.7 Å². The number of nitrogens with zero attached hydrogens (tertiary/aromatic N) is 2. The normalized spacial score (nSPS) is 12.9. The number of aliphatic hydroxyl groups excluding tert-OH is 1. The molecule has 0 amide bonds. The van der Waals surface area contributed by atoms with Crippen LogP contribution in [0, 0.1) is 0 Å². The zero-order valence-electron chi connectivity index (χ0n) is 8.79. The molecule has 0 bridgehead atoms. The Balaban J connectivity index is 1.98. The van der Waals surface area contributed by atoms with E-state index in [0.29, 0.717) is 23.2 Å². The maximum Gasteiger partial charge on any atom is 0.293 e. The Kier molecular flexibility index (Phi) is 3.63. The predicted molar refractivity (Wildman–Crippen MR) is 59.8 cm³/mol. The molecule has 86 valence electrons. The lowest BCUT2D eigenvalue weighted by molar-refractivity contribution is 0.300. The molecular weight excluding hydrogens is 228 g/mol. The average Bonchev–Trinajstić information content (AvgIpc) is 2.95. The SMILES string of the molecule is CC(CO)SCc1noc(-c2ccco2)n1. The van der Waals surface area contributed by atoms with E-state index in [1.54, 1.807) is 30.2 Å². The number of thioether (sulfide) groups is 1. The van der Waals surface area contributed by atoms with Crippen molar-refractivity contribution in [1.29, 1.82) is 0 Å². The Hall–Kier alpha value is -1.27. The number of hydrogen-bond donors (Lipinski definition) is 1. The lowest BCUT2D eigenvalue weighted by Gasteiger charge is -2.03. The quantitative estimate of drug-likeness (QED) is 0.861. The number of aromatic nitrogens is 2. The highest BCUT2D eigenvalue weighted by Crippen LogP contribution is 2.20. The molecule has 1 unspecified atom stereocenters. The second-order valence-corrected chi connectivity index (χ2v) is 4.72. The Morgan fingerprint density at radius 2 is 2.44 bits per heavy atom. The molecule has 1 N–H and O–H groups in total. The van der Waals surface area contributed by atoms with E-state index in [4.69, 9.17) is 14.0 Å². The Bertz CT molecular complexity index is 427. The largest absolute Gasteiger partial charge is 0.459 e. The van der Waals surface area contributed by atoms with Gasteiger partial charge in [-0.15, -0.1) is 11.8 Å². The lowest BCUT2D eigenvalue weighted by atomic mass is 10.4. The second kappa shape index (κ2) is 5.18. The van der Waals surface area contributed by atoms with Crippen LogP contribution in [0.2, 0.25) is 0 Å². The number of hydrogen-bond acceptors (Lipinski definition) is 6. The zero-order valence-corrected chi connectivity index (χ0v) is 9.61. The molecule has 0 radical (unpaired) electrons. The van der Waals surface area contributed by atoms with Gasteiger partial charge in [-0.25, -0.2) is 0 Å². The van der Waals surface area contributed by atoms with E-state index in [2.05, 4.69) is 10.1 Å². The lowest BCUT2D eigenvalue weighted by Crippen LogP contribution is -2.02. The van der Waals surface area contributed by atoms with Crippen LogP contribution in [0.25, 0.3) is 11.7 Å². The summed E-state index contributed by atoms with van der Waals surface area (Å²) in [5.41, 5.74) is 0. The highest BCUT2D eigenvalue weighted by molar-refractivity contribution is 7.99. The summed E-state index contributed by atoms with van der Waals surface area (Å²) in [6, 6.07) is 3.53. The minimum absolute atomic E-state index is 0.146. The monoisotopic (exact) mass is 240 g/mol. The van der Waals surface area contributed by atoms with Gasteiger partial charge in [0.25, 0.3) is 5.89 Å². The van der Waals surface area contributed by atoms with Crippen molar-refractivity contribution < 1.29 is 14.0 Å². The fourth-order valence-corrected chi connectivity index (χ4v) is 1.74. The molecule has 0 saturated heterocycles. The van der Waals surface area contributed by atoms with Crippen molar-refractivity contribution in [3.8, 4) is 11.7 Å². The minimum Gasteiger partial charge on any atom is -0.459 e. The maximum atomic E-state index is 8.87. The van der Waals surface area contributed by atoms with Gasteiger partial charge in [-0.3, -0.25) is 0 Å². The Morgan fingerprint density at radius 1 is 1.56 bits per heavy atom. The van der Waals surface area contributed by atoms with E-state index in [1.807, 2.05) is 6.92 Å². The Morgan fingerprint density at radius 3 is 3.12 bits per heavy atom. The summed E-state index contributed by atoms with van der Waals surface area (Å²) < 4.78 is 10.2. The molecule has 2 heterocycles. The van der Waals surface area contributed by atoms with E-state index < -0.39 is 0 Å². The van der Waals surface area contributed by atoms with E-state index in [0.717, 1.165) is 0 Å². The smallest absolute Gasteiger partial charge is 0.293 e. The summed E-state index contributed by atoms with van der Waals surface area (Å²) in [5.74, 6) is 2.18. The third kappa shape index (κ3) is 2.65. The van der Waals surface area contributed by atoms with E-state index in [-0.39, 0.29) is 11.9 Å². The van der Waals surface area contributed by atoms with Crippen molar-refractivity contribution >= 4 is 11.8 Å². The molecule has 0 saturated carbocycles. The number of rotatable bonds is 5. The maximum absolute atomic E-state index is 8.87. The van der Waals surface area contributed by atoms with Gasteiger partial charge in [0.05, 0.1) is 18.6 Å². The third-order valence-corrected chi connectivity index (χ3v) is 3.10. The first-order valence-electron chi connectivity index (χ1n) is 4.88. The van der Waals surface area contributed by atoms with E-state index in [1.165, 1.54) is 0 Å². The van der Waals surface area contributed by atoms with Gasteiger partial charge in [0.15, 0.2) is 11.6 Å². The molecule has 16 heavy (non-hydrogen) atoms. The van der Waals surface area contributed by atoms with Crippen LogP contribution in [0.3, 0.4) is 0 Å². The summed E-state index contributed by atoms with van der Waals surface area (Å²) in [6.07, 6.45) is 1.56. The molecule has 2 aromatic rings. The zero-order chi connectivity index (χ0) is 11.4. The van der Waals surface area contributed by atoms with Gasteiger partial charge in [0.2, 0.25) is 0 Å². The summed E-state index contributed by atoms with van der Waals surface area (Å²) in [7, 11) is 0. The van der Waals surface area contributed by atoms with Crippen LogP contribution in [0.15, 0.2) is 27.3 Å². The number of furan rings is 1. The minimum atomic E-state index is 0.146. The van der Waals surface area contributed by atoms with Crippen molar-refractivity contribution in [2.75, 3.05) is 6.61 Å². The van der Waals surface area contributed by atoms with Crippen LogP contribution in [-0.2, 0) is 5.75 Å². The predicted octanol–water partition coefficient (Wildman–Crippen LogP) is 1.94. The fraction of sp³-hybridized carbons (Fsp3) is 0.400. The topological polar surface area (TPSA) is 72.3 Å². The average molecular weight is 240 g/mol. The molecule has 0 aliphatic rings.